The van der Waals surface area contributed by atoms with Crippen LogP contribution < -0.4 is 5.32 Å². The molecule has 0 saturated heterocycles. The first-order chi connectivity index (χ1) is 12.3. The van der Waals surface area contributed by atoms with Crippen LogP contribution in [0.4, 0.5) is 0 Å². The van der Waals surface area contributed by atoms with Crippen molar-refractivity contribution in [3.8, 4) is 0 Å². The Kier molecular flexibility index (Phi) is 3.06. The van der Waals surface area contributed by atoms with E-state index in [2.05, 4.69) is 26.8 Å². The molecule has 4 aromatic rings. The molecule has 0 unspecified atom stereocenters. The number of pyridine rings is 2. The van der Waals surface area contributed by atoms with Crippen molar-refractivity contribution in [2.75, 3.05) is 0 Å². The Morgan fingerprint density at radius 2 is 2.00 bits per heavy atom. The second-order valence-electron chi connectivity index (χ2n) is 6.37. The molecule has 0 spiro atoms. The largest absolute Gasteiger partial charge is 0.350 e. The van der Waals surface area contributed by atoms with Gasteiger partial charge in [0, 0.05) is 30.1 Å². The molecule has 1 atom stereocenters. The van der Waals surface area contributed by atoms with Crippen LogP contribution in [0.3, 0.4) is 0 Å². The highest BCUT2D eigenvalue weighted by molar-refractivity contribution is 5.81. The molecular weight excluding hydrogens is 312 g/mol. The molecule has 3 aromatic heterocycles. The molecule has 0 fully saturated rings. The number of nitrogens with one attached hydrogen (secondary N) is 1. The minimum absolute atomic E-state index is 0.0424. The molecule has 5 heteroatoms. The lowest BCUT2D eigenvalue weighted by Crippen LogP contribution is -2.21. The molecule has 0 aliphatic carbocycles. The van der Waals surface area contributed by atoms with E-state index in [0.29, 0.717) is 13.0 Å². The fourth-order valence-electron chi connectivity index (χ4n) is 3.65. The van der Waals surface area contributed by atoms with Crippen molar-refractivity contribution in [2.24, 2.45) is 0 Å². The summed E-state index contributed by atoms with van der Waals surface area (Å²) < 4.78 is 2.09. The number of fused-ring (bicyclic) bond motifs is 4. The van der Waals surface area contributed by atoms with Crippen molar-refractivity contribution >= 4 is 22.5 Å². The molecule has 25 heavy (non-hydrogen) atoms. The standard InChI is InChI=1S/C20H16N4O/c25-19-10-15(14-9-13-5-1-2-6-16(13)21-11-14)20-17(12-22-19)23-18-7-3-4-8-24(18)20/h1-9,11,15H,10,12H2,(H,22,25)/t15-/m1/s1. The second kappa shape index (κ2) is 5.41. The summed E-state index contributed by atoms with van der Waals surface area (Å²) in [6.07, 6.45) is 4.30. The third-order valence-electron chi connectivity index (χ3n) is 4.83. The van der Waals surface area contributed by atoms with Gasteiger partial charge in [-0.2, -0.15) is 0 Å². The number of nitrogens with zero attached hydrogens (tertiary/aromatic N) is 3. The summed E-state index contributed by atoms with van der Waals surface area (Å²) in [5.41, 5.74) is 4.91. The van der Waals surface area contributed by atoms with Crippen molar-refractivity contribution in [1.82, 2.24) is 19.7 Å². The first-order valence-electron chi connectivity index (χ1n) is 8.37. The van der Waals surface area contributed by atoms with Crippen molar-refractivity contribution in [3.63, 3.8) is 0 Å². The van der Waals surface area contributed by atoms with Gasteiger partial charge in [-0.1, -0.05) is 24.3 Å². The molecule has 4 heterocycles. The monoisotopic (exact) mass is 328 g/mol. The van der Waals surface area contributed by atoms with Gasteiger partial charge >= 0.3 is 0 Å². The van der Waals surface area contributed by atoms with Crippen molar-refractivity contribution < 1.29 is 4.79 Å². The van der Waals surface area contributed by atoms with E-state index in [-0.39, 0.29) is 11.8 Å². The summed E-state index contributed by atoms with van der Waals surface area (Å²) in [6.45, 7) is 0.466. The molecule has 1 aliphatic heterocycles. The van der Waals surface area contributed by atoms with Crippen LogP contribution in [0.25, 0.3) is 16.6 Å². The van der Waals surface area contributed by atoms with Crippen LogP contribution in [0.15, 0.2) is 60.9 Å². The lowest BCUT2D eigenvalue weighted by Gasteiger charge is -2.16. The average molecular weight is 328 g/mol. The van der Waals surface area contributed by atoms with E-state index in [9.17, 15) is 4.79 Å². The molecule has 5 rings (SSSR count). The van der Waals surface area contributed by atoms with Crippen LogP contribution in [-0.2, 0) is 11.3 Å². The maximum absolute atomic E-state index is 12.3. The molecule has 5 nitrogen and oxygen atoms in total. The number of amides is 1. The van der Waals surface area contributed by atoms with Crippen molar-refractivity contribution in [2.45, 2.75) is 18.9 Å². The Hall–Kier alpha value is -3.21. The van der Waals surface area contributed by atoms with Gasteiger partial charge in [0.15, 0.2) is 0 Å². The lowest BCUT2D eigenvalue weighted by molar-refractivity contribution is -0.121. The van der Waals surface area contributed by atoms with Gasteiger partial charge in [-0.3, -0.25) is 9.78 Å². The Morgan fingerprint density at radius 3 is 2.96 bits per heavy atom. The van der Waals surface area contributed by atoms with E-state index in [1.54, 1.807) is 0 Å². The number of aromatic nitrogens is 3. The zero-order valence-corrected chi connectivity index (χ0v) is 13.5. The minimum atomic E-state index is -0.0630. The normalized spacial score (nSPS) is 17.3. The van der Waals surface area contributed by atoms with Crippen LogP contribution in [0, 0.1) is 0 Å². The molecule has 1 amide bonds. The highest BCUT2D eigenvalue weighted by Crippen LogP contribution is 2.33. The molecule has 0 bridgehead atoms. The number of carbonyl (C=O) groups excluding carboxylic acids is 1. The predicted octanol–water partition coefficient (Wildman–Crippen LogP) is 3.03. The third kappa shape index (κ3) is 2.28. The summed E-state index contributed by atoms with van der Waals surface area (Å²) in [5, 5.41) is 4.05. The summed E-state index contributed by atoms with van der Waals surface area (Å²) in [4.78, 5) is 21.6. The Balaban J connectivity index is 1.74. The summed E-state index contributed by atoms with van der Waals surface area (Å²) in [6, 6.07) is 16.1. The van der Waals surface area contributed by atoms with Gasteiger partial charge < -0.3 is 9.72 Å². The number of hydrogen-bond acceptors (Lipinski definition) is 3. The number of carbonyl (C=O) groups is 1. The molecular formula is C20H16N4O. The Labute approximate surface area is 144 Å². The van der Waals surface area contributed by atoms with Gasteiger partial charge in [-0.15, -0.1) is 0 Å². The van der Waals surface area contributed by atoms with E-state index in [1.807, 2.05) is 48.8 Å². The molecule has 1 aliphatic rings. The number of benzene rings is 1. The van der Waals surface area contributed by atoms with E-state index >= 15 is 0 Å². The predicted molar refractivity (Wildman–Crippen MR) is 95.2 cm³/mol. The first-order valence-corrected chi connectivity index (χ1v) is 8.37. The highest BCUT2D eigenvalue weighted by atomic mass is 16.1. The highest BCUT2D eigenvalue weighted by Gasteiger charge is 2.29. The quantitative estimate of drug-likeness (QED) is 0.584. The second-order valence-corrected chi connectivity index (χ2v) is 6.37. The zero-order chi connectivity index (χ0) is 16.8. The fraction of sp³-hybridized carbons (Fsp3) is 0.150. The van der Waals surface area contributed by atoms with Gasteiger partial charge in [-0.25, -0.2) is 4.98 Å². The number of imidazole rings is 1. The first kappa shape index (κ1) is 14.2. The number of para-hydroxylation sites is 1. The van der Waals surface area contributed by atoms with E-state index in [1.165, 1.54) is 0 Å². The van der Waals surface area contributed by atoms with Crippen molar-refractivity contribution in [1.29, 1.82) is 0 Å². The maximum atomic E-state index is 12.3. The van der Waals surface area contributed by atoms with Gasteiger partial charge in [0.2, 0.25) is 5.91 Å². The molecule has 1 aromatic carbocycles. The molecule has 1 N–H and O–H groups in total. The van der Waals surface area contributed by atoms with Gasteiger partial charge in [-0.05, 0) is 29.8 Å². The average Bonchev–Trinajstić information content (AvgIpc) is 2.94. The maximum Gasteiger partial charge on any atom is 0.221 e. The smallest absolute Gasteiger partial charge is 0.221 e. The van der Waals surface area contributed by atoms with Crippen molar-refractivity contribution in [3.05, 3.63) is 77.9 Å². The number of rotatable bonds is 1. The van der Waals surface area contributed by atoms with Crippen LogP contribution in [0.5, 0.6) is 0 Å². The van der Waals surface area contributed by atoms with Crippen LogP contribution in [-0.4, -0.2) is 20.3 Å². The topological polar surface area (TPSA) is 59.3 Å². The summed E-state index contributed by atoms with van der Waals surface area (Å²) in [7, 11) is 0. The van der Waals surface area contributed by atoms with Gasteiger partial charge in [0.25, 0.3) is 0 Å². The van der Waals surface area contributed by atoms with Gasteiger partial charge in [0.05, 0.1) is 23.4 Å². The van der Waals surface area contributed by atoms with E-state index < -0.39 is 0 Å². The van der Waals surface area contributed by atoms with Crippen LogP contribution in [0.2, 0.25) is 0 Å². The lowest BCUT2D eigenvalue weighted by atomic mass is 9.92. The zero-order valence-electron chi connectivity index (χ0n) is 13.5. The Bertz CT molecular complexity index is 1120. The fourth-order valence-corrected chi connectivity index (χ4v) is 3.65. The SMILES string of the molecule is O=C1C[C@H](c2cnc3ccccc3c2)c2c(nc3ccccn23)CN1. The van der Waals surface area contributed by atoms with Crippen LogP contribution in [0.1, 0.15) is 29.3 Å². The van der Waals surface area contributed by atoms with Gasteiger partial charge in [0.1, 0.15) is 5.65 Å². The van der Waals surface area contributed by atoms with Crippen LogP contribution >= 0.6 is 0 Å². The summed E-state index contributed by atoms with van der Waals surface area (Å²) in [5.74, 6) is -0.0205. The Morgan fingerprint density at radius 1 is 1.12 bits per heavy atom. The van der Waals surface area contributed by atoms with E-state index in [0.717, 1.165) is 33.5 Å². The minimum Gasteiger partial charge on any atom is -0.350 e. The third-order valence-corrected chi connectivity index (χ3v) is 4.83. The molecule has 122 valence electrons. The summed E-state index contributed by atoms with van der Waals surface area (Å²) >= 11 is 0. The number of hydrogen-bond donors (Lipinski definition) is 1. The van der Waals surface area contributed by atoms with E-state index in [4.69, 9.17) is 4.98 Å². The molecule has 0 radical (unpaired) electrons. The molecule has 0 saturated carbocycles.